The number of nitrogens with zero attached hydrogens (tertiary/aromatic N) is 1. The highest BCUT2D eigenvalue weighted by molar-refractivity contribution is 6.36. The van der Waals surface area contributed by atoms with Crippen LogP contribution in [0.3, 0.4) is 0 Å². The van der Waals surface area contributed by atoms with E-state index >= 15 is 0 Å². The average Bonchev–Trinajstić information content (AvgIpc) is 2.52. The molecule has 1 N–H and O–H groups in total. The summed E-state index contributed by atoms with van der Waals surface area (Å²) in [5, 5.41) is 10.9. The zero-order valence-corrected chi connectivity index (χ0v) is 14.8. The summed E-state index contributed by atoms with van der Waals surface area (Å²) < 4.78 is 0. The predicted molar refractivity (Wildman–Crippen MR) is 96.1 cm³/mol. The molecule has 5 nitrogen and oxygen atoms in total. The second-order valence-corrected chi connectivity index (χ2v) is 7.40. The lowest BCUT2D eigenvalue weighted by Crippen LogP contribution is -2.39. The highest BCUT2D eigenvalue weighted by Gasteiger charge is 2.25. The van der Waals surface area contributed by atoms with E-state index in [0.29, 0.717) is 13.1 Å². The monoisotopic (exact) mass is 341 g/mol. The SMILES string of the molecule is CC(C)(C)CN(Cc1ccc2ccccc2c1)C(=O)CC(=O)C(=O)O. The molecular weight excluding hydrogens is 318 g/mol. The largest absolute Gasteiger partial charge is 0.475 e. The first-order valence-corrected chi connectivity index (χ1v) is 8.17. The van der Waals surface area contributed by atoms with Gasteiger partial charge in [0.15, 0.2) is 0 Å². The van der Waals surface area contributed by atoms with Crippen LogP contribution in [0.4, 0.5) is 0 Å². The molecule has 0 unspecified atom stereocenters. The number of Topliss-reactive ketones (excluding diaryl/α,β-unsaturated/α-hetero) is 1. The number of ketones is 1. The minimum Gasteiger partial charge on any atom is -0.475 e. The third-order valence-corrected chi connectivity index (χ3v) is 3.76. The van der Waals surface area contributed by atoms with Crippen LogP contribution in [-0.2, 0) is 20.9 Å². The number of carbonyl (C=O) groups is 3. The summed E-state index contributed by atoms with van der Waals surface area (Å²) >= 11 is 0. The van der Waals surface area contributed by atoms with E-state index in [1.54, 1.807) is 4.90 Å². The Hall–Kier alpha value is -2.69. The molecule has 25 heavy (non-hydrogen) atoms. The number of aliphatic carboxylic acids is 1. The van der Waals surface area contributed by atoms with Crippen LogP contribution in [0.1, 0.15) is 32.8 Å². The highest BCUT2D eigenvalue weighted by atomic mass is 16.4. The zero-order valence-electron chi connectivity index (χ0n) is 14.8. The van der Waals surface area contributed by atoms with Crippen LogP contribution in [0.2, 0.25) is 0 Å². The Morgan fingerprint density at radius 1 is 1.00 bits per heavy atom. The van der Waals surface area contributed by atoms with E-state index in [2.05, 4.69) is 0 Å². The number of fused-ring (bicyclic) bond motifs is 1. The summed E-state index contributed by atoms with van der Waals surface area (Å²) in [6, 6.07) is 13.9. The topological polar surface area (TPSA) is 74.7 Å². The quantitative estimate of drug-likeness (QED) is 0.646. The predicted octanol–water partition coefficient (Wildman–Crippen LogP) is 3.26. The van der Waals surface area contributed by atoms with E-state index in [1.807, 2.05) is 63.2 Å². The minimum atomic E-state index is -1.57. The van der Waals surface area contributed by atoms with E-state index in [4.69, 9.17) is 5.11 Å². The Morgan fingerprint density at radius 2 is 1.64 bits per heavy atom. The smallest absolute Gasteiger partial charge is 0.372 e. The fourth-order valence-electron chi connectivity index (χ4n) is 2.69. The molecule has 132 valence electrons. The van der Waals surface area contributed by atoms with Gasteiger partial charge in [-0.1, -0.05) is 57.2 Å². The molecule has 0 radical (unpaired) electrons. The van der Waals surface area contributed by atoms with Crippen LogP contribution in [-0.4, -0.2) is 34.2 Å². The lowest BCUT2D eigenvalue weighted by atomic mass is 9.95. The zero-order chi connectivity index (χ0) is 18.6. The summed E-state index contributed by atoms with van der Waals surface area (Å²) in [4.78, 5) is 36.1. The number of hydrogen-bond acceptors (Lipinski definition) is 3. The average molecular weight is 341 g/mol. The number of carbonyl (C=O) groups excluding carboxylic acids is 2. The van der Waals surface area contributed by atoms with Crippen LogP contribution in [0.15, 0.2) is 42.5 Å². The number of benzene rings is 2. The van der Waals surface area contributed by atoms with E-state index in [9.17, 15) is 14.4 Å². The van der Waals surface area contributed by atoms with Crippen LogP contribution in [0.25, 0.3) is 10.8 Å². The number of rotatable bonds is 6. The first-order valence-electron chi connectivity index (χ1n) is 8.17. The standard InChI is InChI=1S/C20H23NO4/c1-20(2,3)13-21(18(23)11-17(22)19(24)25)12-14-8-9-15-6-4-5-7-16(15)10-14/h4-10H,11-13H2,1-3H3,(H,24,25). The molecule has 2 aromatic carbocycles. The van der Waals surface area contributed by atoms with E-state index in [-0.39, 0.29) is 5.41 Å². The van der Waals surface area contributed by atoms with Gasteiger partial charge in [0.1, 0.15) is 0 Å². The Morgan fingerprint density at radius 3 is 2.24 bits per heavy atom. The van der Waals surface area contributed by atoms with Crippen molar-refractivity contribution >= 4 is 28.4 Å². The molecule has 0 heterocycles. The van der Waals surface area contributed by atoms with Crippen molar-refractivity contribution in [2.75, 3.05) is 6.54 Å². The van der Waals surface area contributed by atoms with Gasteiger partial charge in [0.05, 0.1) is 6.42 Å². The second-order valence-electron chi connectivity index (χ2n) is 7.40. The molecule has 0 saturated heterocycles. The van der Waals surface area contributed by atoms with Crippen LogP contribution < -0.4 is 0 Å². The van der Waals surface area contributed by atoms with Gasteiger partial charge in [-0.05, 0) is 27.8 Å². The molecule has 2 aromatic rings. The van der Waals surface area contributed by atoms with Gasteiger partial charge in [0, 0.05) is 13.1 Å². The fraction of sp³-hybridized carbons (Fsp3) is 0.350. The summed E-state index contributed by atoms with van der Waals surface area (Å²) in [6.45, 7) is 6.76. The molecule has 0 saturated carbocycles. The van der Waals surface area contributed by atoms with Crippen molar-refractivity contribution in [3.05, 3.63) is 48.0 Å². The maximum absolute atomic E-state index is 12.4. The Kier molecular flexibility index (Phi) is 5.57. The molecule has 0 aliphatic rings. The summed E-state index contributed by atoms with van der Waals surface area (Å²) in [7, 11) is 0. The van der Waals surface area contributed by atoms with Gasteiger partial charge in [-0.25, -0.2) is 4.79 Å². The Bertz CT molecular complexity index is 805. The Labute approximate surface area is 147 Å². The molecule has 0 aromatic heterocycles. The van der Waals surface area contributed by atoms with Crippen molar-refractivity contribution in [2.24, 2.45) is 5.41 Å². The lowest BCUT2D eigenvalue weighted by Gasteiger charge is -2.30. The van der Waals surface area contributed by atoms with Crippen LogP contribution >= 0.6 is 0 Å². The lowest BCUT2D eigenvalue weighted by molar-refractivity contribution is -0.151. The van der Waals surface area contributed by atoms with Gasteiger partial charge in [0.2, 0.25) is 11.7 Å². The number of amides is 1. The van der Waals surface area contributed by atoms with E-state index < -0.39 is 24.1 Å². The third kappa shape index (κ3) is 5.41. The Balaban J connectivity index is 2.23. The van der Waals surface area contributed by atoms with Crippen molar-refractivity contribution in [1.29, 1.82) is 0 Å². The van der Waals surface area contributed by atoms with Crippen molar-refractivity contribution < 1.29 is 19.5 Å². The highest BCUT2D eigenvalue weighted by Crippen LogP contribution is 2.21. The van der Waals surface area contributed by atoms with Crippen molar-refractivity contribution in [1.82, 2.24) is 4.90 Å². The van der Waals surface area contributed by atoms with Crippen molar-refractivity contribution in [3.63, 3.8) is 0 Å². The van der Waals surface area contributed by atoms with Crippen LogP contribution in [0.5, 0.6) is 0 Å². The summed E-state index contributed by atoms with van der Waals surface area (Å²) in [5.74, 6) is -3.12. The number of carboxylic acids is 1. The van der Waals surface area contributed by atoms with E-state index in [1.165, 1.54) is 0 Å². The fourth-order valence-corrected chi connectivity index (χ4v) is 2.69. The van der Waals surface area contributed by atoms with Gasteiger partial charge in [0.25, 0.3) is 0 Å². The third-order valence-electron chi connectivity index (χ3n) is 3.76. The van der Waals surface area contributed by atoms with Gasteiger partial charge in [-0.15, -0.1) is 0 Å². The summed E-state index contributed by atoms with van der Waals surface area (Å²) in [5.41, 5.74) is 0.776. The van der Waals surface area contributed by atoms with Gasteiger partial charge < -0.3 is 10.0 Å². The molecule has 0 aliphatic carbocycles. The number of carboxylic acid groups (broad SMARTS) is 1. The molecular formula is C20H23NO4. The molecule has 0 atom stereocenters. The molecule has 2 rings (SSSR count). The number of hydrogen-bond donors (Lipinski definition) is 1. The summed E-state index contributed by atoms with van der Waals surface area (Å²) in [6.07, 6.45) is -0.612. The van der Waals surface area contributed by atoms with Gasteiger partial charge in [-0.2, -0.15) is 0 Å². The molecule has 5 heteroatoms. The molecule has 1 amide bonds. The van der Waals surface area contributed by atoms with Gasteiger partial charge >= 0.3 is 5.97 Å². The van der Waals surface area contributed by atoms with Crippen LogP contribution in [0, 0.1) is 5.41 Å². The first-order chi connectivity index (χ1) is 11.7. The second kappa shape index (κ2) is 7.47. The molecule has 0 spiro atoms. The van der Waals surface area contributed by atoms with Gasteiger partial charge in [-0.3, -0.25) is 9.59 Å². The molecule has 0 bridgehead atoms. The normalized spacial score (nSPS) is 11.3. The molecule has 0 aliphatic heterocycles. The first kappa shape index (κ1) is 18.6. The minimum absolute atomic E-state index is 0.168. The van der Waals surface area contributed by atoms with Crippen molar-refractivity contribution in [2.45, 2.75) is 33.7 Å². The van der Waals surface area contributed by atoms with E-state index in [0.717, 1.165) is 16.3 Å². The maximum Gasteiger partial charge on any atom is 0.372 e. The molecule has 0 fully saturated rings. The van der Waals surface area contributed by atoms with Crippen molar-refractivity contribution in [3.8, 4) is 0 Å². The maximum atomic E-state index is 12.4.